The van der Waals surface area contributed by atoms with Gasteiger partial charge in [0.05, 0.1) is 10.2 Å². The van der Waals surface area contributed by atoms with Crippen LogP contribution in [0.15, 0.2) is 23.8 Å². The number of aliphatic hydroxyl groups is 1. The van der Waals surface area contributed by atoms with Gasteiger partial charge >= 0.3 is 0 Å². The predicted octanol–water partition coefficient (Wildman–Crippen LogP) is 5.17. The molecule has 27 heavy (non-hydrogen) atoms. The summed E-state index contributed by atoms with van der Waals surface area (Å²) >= 11 is 3.90. The van der Waals surface area contributed by atoms with Gasteiger partial charge in [-0.05, 0) is 74.5 Å². The molecule has 0 aromatic heterocycles. The van der Waals surface area contributed by atoms with E-state index in [1.54, 1.807) is 12.2 Å². The van der Waals surface area contributed by atoms with Gasteiger partial charge in [0.1, 0.15) is 0 Å². The Labute approximate surface area is 170 Å². The van der Waals surface area contributed by atoms with Gasteiger partial charge in [0.2, 0.25) is 0 Å². The maximum absolute atomic E-state index is 16.9. The minimum Gasteiger partial charge on any atom is -0.390 e. The highest BCUT2D eigenvalue weighted by Crippen LogP contribution is 2.73. The molecule has 0 saturated heterocycles. The van der Waals surface area contributed by atoms with Gasteiger partial charge in [0, 0.05) is 11.3 Å². The van der Waals surface area contributed by atoms with E-state index in [0.717, 1.165) is 37.0 Å². The SMILES string of the molecule is CCS[C@]1(SC)CC[C@H]2[C@@H]3CCC4=CC(=O)C=C[C@]4(C)C3(F)[C@@H](O)C[C@@]21C. The summed E-state index contributed by atoms with van der Waals surface area (Å²) in [5, 5.41) is 11.3. The molecule has 3 saturated carbocycles. The number of carbonyl (C=O) groups excluding carboxylic acids is 1. The van der Waals surface area contributed by atoms with Crippen molar-refractivity contribution in [3.8, 4) is 0 Å². The van der Waals surface area contributed by atoms with Crippen LogP contribution >= 0.6 is 23.5 Å². The van der Waals surface area contributed by atoms with Crippen molar-refractivity contribution in [3.05, 3.63) is 23.8 Å². The zero-order chi connectivity index (χ0) is 19.7. The van der Waals surface area contributed by atoms with Crippen LogP contribution in [0.2, 0.25) is 0 Å². The lowest BCUT2D eigenvalue weighted by Crippen LogP contribution is -2.67. The normalized spacial score (nSPS) is 51.4. The number of halogens is 1. The number of rotatable bonds is 3. The molecule has 0 heterocycles. The van der Waals surface area contributed by atoms with Crippen LogP contribution in [0.1, 0.15) is 52.9 Å². The number of hydrogen-bond acceptors (Lipinski definition) is 4. The van der Waals surface area contributed by atoms with Gasteiger partial charge in [-0.15, -0.1) is 23.5 Å². The lowest BCUT2D eigenvalue weighted by atomic mass is 9.46. The minimum atomic E-state index is -1.69. The van der Waals surface area contributed by atoms with E-state index in [-0.39, 0.29) is 27.1 Å². The number of thioether (sulfide) groups is 2. The van der Waals surface area contributed by atoms with Crippen molar-refractivity contribution in [2.24, 2.45) is 22.7 Å². The summed E-state index contributed by atoms with van der Waals surface area (Å²) < 4.78 is 17.0. The molecule has 7 atom stereocenters. The van der Waals surface area contributed by atoms with E-state index in [1.807, 2.05) is 30.4 Å². The highest BCUT2D eigenvalue weighted by Gasteiger charge is 2.72. The fraction of sp³-hybridized carbons (Fsp3) is 0.773. The van der Waals surface area contributed by atoms with Crippen molar-refractivity contribution in [3.63, 3.8) is 0 Å². The molecule has 4 rings (SSSR count). The summed E-state index contributed by atoms with van der Waals surface area (Å²) in [5.41, 5.74) is -1.76. The Kier molecular flexibility index (Phi) is 4.72. The first-order valence-corrected chi connectivity index (χ1v) is 12.4. The van der Waals surface area contributed by atoms with E-state index in [0.29, 0.717) is 6.42 Å². The monoisotopic (exact) mass is 410 g/mol. The molecular formula is C22H31FO2S2. The van der Waals surface area contributed by atoms with Crippen molar-refractivity contribution in [2.45, 2.75) is 68.7 Å². The summed E-state index contributed by atoms with van der Waals surface area (Å²) in [6.07, 6.45) is 10.2. The summed E-state index contributed by atoms with van der Waals surface area (Å²) in [5.74, 6) is 1.11. The Hall–Kier alpha value is -0.260. The number of ketones is 1. The Morgan fingerprint density at radius 3 is 2.70 bits per heavy atom. The standard InChI is InChI=1S/C22H31FO2S2/c1-5-27-21(26-4)11-9-16-17-7-6-14-12-15(24)8-10-19(14,2)22(17,23)18(25)13-20(16,21)3/h8,10,12,16-18,25H,5-7,9,11,13H2,1-4H3/t16-,17-,18-,19-,20-,21+,22?/m0/s1. The molecule has 0 bridgehead atoms. The average Bonchev–Trinajstić information content (AvgIpc) is 2.90. The number of carbonyl (C=O) groups is 1. The molecule has 2 nitrogen and oxygen atoms in total. The molecule has 0 radical (unpaired) electrons. The molecule has 4 aliphatic rings. The zero-order valence-electron chi connectivity index (χ0n) is 16.8. The molecule has 1 N–H and O–H groups in total. The molecule has 0 spiro atoms. The van der Waals surface area contributed by atoms with Crippen LogP contribution in [0.5, 0.6) is 0 Å². The van der Waals surface area contributed by atoms with E-state index in [9.17, 15) is 9.90 Å². The first-order valence-electron chi connectivity index (χ1n) is 10.2. The van der Waals surface area contributed by atoms with Crippen LogP contribution in [0.4, 0.5) is 4.39 Å². The highest BCUT2D eigenvalue weighted by molar-refractivity contribution is 8.18. The first-order chi connectivity index (χ1) is 12.7. The van der Waals surface area contributed by atoms with Crippen LogP contribution in [0.25, 0.3) is 0 Å². The van der Waals surface area contributed by atoms with Crippen molar-refractivity contribution < 1.29 is 14.3 Å². The highest BCUT2D eigenvalue weighted by atomic mass is 32.2. The van der Waals surface area contributed by atoms with Crippen LogP contribution in [0, 0.1) is 22.7 Å². The second kappa shape index (κ2) is 6.37. The molecule has 150 valence electrons. The lowest BCUT2D eigenvalue weighted by molar-refractivity contribution is -0.189. The Balaban J connectivity index is 1.80. The third-order valence-corrected chi connectivity index (χ3v) is 12.0. The summed E-state index contributed by atoms with van der Waals surface area (Å²) in [6.45, 7) is 6.40. The largest absolute Gasteiger partial charge is 0.390 e. The number of hydrogen-bond donors (Lipinski definition) is 1. The Bertz CT molecular complexity index is 721. The van der Waals surface area contributed by atoms with Crippen molar-refractivity contribution in [2.75, 3.05) is 12.0 Å². The fourth-order valence-corrected chi connectivity index (χ4v) is 10.2. The van der Waals surface area contributed by atoms with Gasteiger partial charge in [-0.2, -0.15) is 0 Å². The maximum atomic E-state index is 16.9. The van der Waals surface area contributed by atoms with E-state index in [4.69, 9.17) is 0 Å². The molecule has 3 fully saturated rings. The Morgan fingerprint density at radius 1 is 1.30 bits per heavy atom. The summed E-state index contributed by atoms with van der Waals surface area (Å²) in [4.78, 5) is 11.9. The van der Waals surface area contributed by atoms with E-state index >= 15 is 4.39 Å². The predicted molar refractivity (Wildman–Crippen MR) is 113 cm³/mol. The summed E-state index contributed by atoms with van der Waals surface area (Å²) in [7, 11) is 0. The Morgan fingerprint density at radius 2 is 2.04 bits per heavy atom. The third-order valence-electron chi connectivity index (χ3n) is 8.39. The lowest BCUT2D eigenvalue weighted by Gasteiger charge is -2.63. The number of alkyl halides is 1. The van der Waals surface area contributed by atoms with Crippen molar-refractivity contribution in [1.29, 1.82) is 0 Å². The average molecular weight is 411 g/mol. The summed E-state index contributed by atoms with van der Waals surface area (Å²) in [6, 6.07) is 0. The van der Waals surface area contributed by atoms with E-state index < -0.39 is 17.2 Å². The second-order valence-corrected chi connectivity index (χ2v) is 12.1. The van der Waals surface area contributed by atoms with Gasteiger partial charge < -0.3 is 5.11 Å². The molecule has 1 unspecified atom stereocenters. The maximum Gasteiger partial charge on any atom is 0.178 e. The molecule has 0 aromatic rings. The van der Waals surface area contributed by atoms with Crippen LogP contribution in [-0.2, 0) is 4.79 Å². The zero-order valence-corrected chi connectivity index (χ0v) is 18.4. The topological polar surface area (TPSA) is 37.3 Å². The van der Waals surface area contributed by atoms with Crippen LogP contribution < -0.4 is 0 Å². The number of aliphatic hydroxyl groups excluding tert-OH is 1. The van der Waals surface area contributed by atoms with Gasteiger partial charge in [-0.1, -0.05) is 25.5 Å². The molecule has 0 amide bonds. The van der Waals surface area contributed by atoms with Crippen molar-refractivity contribution >= 4 is 29.3 Å². The molecular weight excluding hydrogens is 379 g/mol. The molecule has 0 aliphatic heterocycles. The quantitative estimate of drug-likeness (QED) is 0.651. The molecule has 4 aliphatic carbocycles. The molecule has 0 aromatic carbocycles. The first kappa shape index (κ1) is 20.0. The molecule has 5 heteroatoms. The third kappa shape index (κ3) is 2.34. The minimum absolute atomic E-state index is 0.0544. The van der Waals surface area contributed by atoms with Crippen molar-refractivity contribution in [1.82, 2.24) is 0 Å². The van der Waals surface area contributed by atoms with Gasteiger partial charge in [0.25, 0.3) is 0 Å². The number of fused-ring (bicyclic) bond motifs is 5. The number of allylic oxidation sites excluding steroid dienone is 4. The van der Waals surface area contributed by atoms with E-state index in [1.165, 1.54) is 6.08 Å². The fourth-order valence-electron chi connectivity index (χ4n) is 7.02. The van der Waals surface area contributed by atoms with Gasteiger partial charge in [0.15, 0.2) is 11.5 Å². The van der Waals surface area contributed by atoms with Crippen LogP contribution in [0.3, 0.4) is 0 Å². The van der Waals surface area contributed by atoms with Gasteiger partial charge in [-0.25, -0.2) is 4.39 Å². The van der Waals surface area contributed by atoms with E-state index in [2.05, 4.69) is 20.1 Å². The smallest absolute Gasteiger partial charge is 0.178 e. The van der Waals surface area contributed by atoms with Crippen LogP contribution in [-0.4, -0.2) is 38.8 Å². The second-order valence-electron chi connectivity index (χ2n) is 9.19. The van der Waals surface area contributed by atoms with Gasteiger partial charge in [-0.3, -0.25) is 4.79 Å².